The van der Waals surface area contributed by atoms with Gasteiger partial charge >= 0.3 is 0 Å². The normalized spacial score (nSPS) is 15.4. The van der Waals surface area contributed by atoms with Crippen molar-refractivity contribution < 1.29 is 13.6 Å². The molecular formula is C21H20ClFN2O2. The van der Waals surface area contributed by atoms with Crippen molar-refractivity contribution in [2.75, 3.05) is 26.2 Å². The summed E-state index contributed by atoms with van der Waals surface area (Å²) in [4.78, 5) is 16.8. The van der Waals surface area contributed by atoms with Crippen molar-refractivity contribution in [1.82, 2.24) is 9.80 Å². The Morgan fingerprint density at radius 1 is 1.11 bits per heavy atom. The number of furan rings is 1. The van der Waals surface area contributed by atoms with Crippen LogP contribution in [0.3, 0.4) is 0 Å². The fourth-order valence-electron chi connectivity index (χ4n) is 3.54. The van der Waals surface area contributed by atoms with Crippen molar-refractivity contribution in [1.29, 1.82) is 0 Å². The van der Waals surface area contributed by atoms with E-state index in [0.29, 0.717) is 49.1 Å². The maximum atomic E-state index is 14.0. The zero-order chi connectivity index (χ0) is 19.0. The van der Waals surface area contributed by atoms with Gasteiger partial charge in [-0.15, -0.1) is 0 Å². The third-order valence-electron chi connectivity index (χ3n) is 5.14. The Morgan fingerprint density at radius 2 is 1.85 bits per heavy atom. The first-order valence-corrected chi connectivity index (χ1v) is 9.35. The van der Waals surface area contributed by atoms with E-state index in [0.717, 1.165) is 16.5 Å². The molecular weight excluding hydrogens is 367 g/mol. The van der Waals surface area contributed by atoms with Crippen LogP contribution >= 0.6 is 11.6 Å². The summed E-state index contributed by atoms with van der Waals surface area (Å²) in [6.07, 6.45) is 0. The number of benzene rings is 2. The molecule has 1 amide bonds. The zero-order valence-corrected chi connectivity index (χ0v) is 15.8. The molecule has 1 saturated heterocycles. The molecule has 0 unspecified atom stereocenters. The molecule has 0 saturated carbocycles. The number of rotatable bonds is 3. The molecule has 6 heteroatoms. The van der Waals surface area contributed by atoms with Gasteiger partial charge in [-0.3, -0.25) is 9.69 Å². The third-order valence-corrected chi connectivity index (χ3v) is 5.49. The molecule has 3 aromatic rings. The number of carbonyl (C=O) groups excluding carboxylic acids is 1. The summed E-state index contributed by atoms with van der Waals surface area (Å²) >= 11 is 6.12. The lowest BCUT2D eigenvalue weighted by atomic mass is 10.1. The van der Waals surface area contributed by atoms with Gasteiger partial charge in [-0.2, -0.15) is 0 Å². The van der Waals surface area contributed by atoms with Crippen molar-refractivity contribution >= 4 is 28.5 Å². The summed E-state index contributed by atoms with van der Waals surface area (Å²) in [7, 11) is 0. The second kappa shape index (κ2) is 7.33. The van der Waals surface area contributed by atoms with E-state index in [-0.39, 0.29) is 11.7 Å². The quantitative estimate of drug-likeness (QED) is 0.665. The molecule has 1 aromatic heterocycles. The second-order valence-corrected chi connectivity index (χ2v) is 7.23. The number of para-hydroxylation sites is 1. The number of piperazine rings is 1. The van der Waals surface area contributed by atoms with E-state index < -0.39 is 0 Å². The van der Waals surface area contributed by atoms with Gasteiger partial charge in [-0.25, -0.2) is 4.39 Å². The van der Waals surface area contributed by atoms with Crippen molar-refractivity contribution in [2.45, 2.75) is 13.5 Å². The largest absolute Gasteiger partial charge is 0.451 e. The molecule has 27 heavy (non-hydrogen) atoms. The number of halogens is 2. The minimum atomic E-state index is -0.293. The molecule has 0 aliphatic carbocycles. The van der Waals surface area contributed by atoms with Gasteiger partial charge in [0.1, 0.15) is 11.4 Å². The van der Waals surface area contributed by atoms with E-state index in [1.165, 1.54) is 6.07 Å². The monoisotopic (exact) mass is 386 g/mol. The molecule has 0 atom stereocenters. The number of carbonyl (C=O) groups is 1. The molecule has 4 nitrogen and oxygen atoms in total. The highest BCUT2D eigenvalue weighted by molar-refractivity contribution is 6.31. The van der Waals surface area contributed by atoms with Gasteiger partial charge < -0.3 is 9.32 Å². The van der Waals surface area contributed by atoms with E-state index in [4.69, 9.17) is 16.0 Å². The van der Waals surface area contributed by atoms with E-state index in [1.807, 2.05) is 31.2 Å². The van der Waals surface area contributed by atoms with Crippen LogP contribution in [0.5, 0.6) is 0 Å². The van der Waals surface area contributed by atoms with Crippen molar-refractivity contribution in [3.05, 3.63) is 70.2 Å². The van der Waals surface area contributed by atoms with Gasteiger partial charge in [0.25, 0.3) is 5.91 Å². The predicted molar refractivity (Wildman–Crippen MR) is 104 cm³/mol. The molecule has 1 aliphatic rings. The second-order valence-electron chi connectivity index (χ2n) is 6.82. The van der Waals surface area contributed by atoms with E-state index in [2.05, 4.69) is 4.90 Å². The van der Waals surface area contributed by atoms with Gasteiger partial charge in [0, 0.05) is 54.3 Å². The maximum absolute atomic E-state index is 14.0. The Bertz CT molecular complexity index is 973. The zero-order valence-electron chi connectivity index (χ0n) is 15.0. The smallest absolute Gasteiger partial charge is 0.289 e. The molecule has 0 radical (unpaired) electrons. The Kier molecular flexibility index (Phi) is 4.89. The Labute approximate surface area is 162 Å². The summed E-state index contributed by atoms with van der Waals surface area (Å²) in [6, 6.07) is 12.4. The SMILES string of the molecule is Cc1c(C(=O)N2CCN(Cc3c(F)cccc3Cl)CC2)oc2ccccc12. The summed E-state index contributed by atoms with van der Waals surface area (Å²) in [5.41, 5.74) is 2.11. The van der Waals surface area contributed by atoms with Crippen molar-refractivity contribution in [3.63, 3.8) is 0 Å². The fourth-order valence-corrected chi connectivity index (χ4v) is 3.76. The number of fused-ring (bicyclic) bond motifs is 1. The lowest BCUT2D eigenvalue weighted by molar-refractivity contribution is 0.0597. The summed E-state index contributed by atoms with van der Waals surface area (Å²) in [5.74, 6) is 0.0213. The average Bonchev–Trinajstić information content (AvgIpc) is 3.02. The van der Waals surface area contributed by atoms with Crippen LogP contribution in [0.2, 0.25) is 5.02 Å². The van der Waals surface area contributed by atoms with Gasteiger partial charge in [-0.1, -0.05) is 35.9 Å². The molecule has 140 valence electrons. The molecule has 0 N–H and O–H groups in total. The predicted octanol–water partition coefficient (Wildman–Crippen LogP) is 4.49. The van der Waals surface area contributed by atoms with Gasteiger partial charge in [0.2, 0.25) is 0 Å². The van der Waals surface area contributed by atoms with Crippen LogP contribution < -0.4 is 0 Å². The molecule has 2 heterocycles. The molecule has 2 aromatic carbocycles. The average molecular weight is 387 g/mol. The highest BCUT2D eigenvalue weighted by atomic mass is 35.5. The number of hydrogen-bond acceptors (Lipinski definition) is 3. The number of amides is 1. The van der Waals surface area contributed by atoms with Gasteiger partial charge in [0.15, 0.2) is 5.76 Å². The molecule has 1 aliphatic heterocycles. The van der Waals surface area contributed by atoms with E-state index in [1.54, 1.807) is 17.0 Å². The van der Waals surface area contributed by atoms with Crippen LogP contribution in [0.25, 0.3) is 11.0 Å². The first-order chi connectivity index (χ1) is 13.0. The number of nitrogens with zero attached hydrogens (tertiary/aromatic N) is 2. The molecule has 0 bridgehead atoms. The van der Waals surface area contributed by atoms with Gasteiger partial charge in [-0.05, 0) is 25.1 Å². The molecule has 0 spiro atoms. The van der Waals surface area contributed by atoms with Crippen LogP contribution in [-0.2, 0) is 6.54 Å². The Hall–Kier alpha value is -2.37. The fraction of sp³-hybridized carbons (Fsp3) is 0.286. The Morgan fingerprint density at radius 3 is 2.56 bits per heavy atom. The maximum Gasteiger partial charge on any atom is 0.289 e. The topological polar surface area (TPSA) is 36.7 Å². The first kappa shape index (κ1) is 18.0. The number of aryl methyl sites for hydroxylation is 1. The van der Waals surface area contributed by atoms with Crippen LogP contribution in [-0.4, -0.2) is 41.9 Å². The van der Waals surface area contributed by atoms with Crippen molar-refractivity contribution in [2.24, 2.45) is 0 Å². The summed E-state index contributed by atoms with van der Waals surface area (Å²) in [6.45, 7) is 4.82. The third kappa shape index (κ3) is 3.45. The highest BCUT2D eigenvalue weighted by Crippen LogP contribution is 2.27. The minimum absolute atomic E-state index is 0.0905. The van der Waals surface area contributed by atoms with Crippen molar-refractivity contribution in [3.8, 4) is 0 Å². The first-order valence-electron chi connectivity index (χ1n) is 8.97. The van der Waals surface area contributed by atoms with Crippen LogP contribution in [0.1, 0.15) is 21.7 Å². The van der Waals surface area contributed by atoms with Crippen LogP contribution in [0, 0.1) is 12.7 Å². The van der Waals surface area contributed by atoms with Gasteiger partial charge in [0.05, 0.1) is 0 Å². The van der Waals surface area contributed by atoms with Crippen LogP contribution in [0.15, 0.2) is 46.9 Å². The van der Waals surface area contributed by atoms with E-state index >= 15 is 0 Å². The molecule has 1 fully saturated rings. The number of hydrogen-bond donors (Lipinski definition) is 0. The van der Waals surface area contributed by atoms with Crippen LogP contribution in [0.4, 0.5) is 4.39 Å². The summed E-state index contributed by atoms with van der Waals surface area (Å²) in [5, 5.41) is 1.40. The minimum Gasteiger partial charge on any atom is -0.451 e. The Balaban J connectivity index is 1.44. The molecule has 4 rings (SSSR count). The lowest BCUT2D eigenvalue weighted by Crippen LogP contribution is -2.48. The highest BCUT2D eigenvalue weighted by Gasteiger charge is 2.27. The standard InChI is InChI=1S/C21H20ClFN2O2/c1-14-15-5-2-3-8-19(15)27-20(14)21(26)25-11-9-24(10-12-25)13-16-17(22)6-4-7-18(16)23/h2-8H,9-13H2,1H3. The summed E-state index contributed by atoms with van der Waals surface area (Å²) < 4.78 is 19.8. The van der Waals surface area contributed by atoms with E-state index in [9.17, 15) is 9.18 Å². The lowest BCUT2D eigenvalue weighted by Gasteiger charge is -2.34.